The molecule has 1 aromatic heterocycles. The second-order valence-electron chi connectivity index (χ2n) is 8.10. The van der Waals surface area contributed by atoms with Gasteiger partial charge < -0.3 is 4.74 Å². The van der Waals surface area contributed by atoms with Gasteiger partial charge in [0.2, 0.25) is 11.4 Å². The maximum absolute atomic E-state index is 14.2. The summed E-state index contributed by atoms with van der Waals surface area (Å²) in [7, 11) is 1.15. The highest BCUT2D eigenvalue weighted by molar-refractivity contribution is 8.14. The van der Waals surface area contributed by atoms with Gasteiger partial charge in [-0.25, -0.2) is 33.6 Å². The van der Waals surface area contributed by atoms with Gasteiger partial charge >= 0.3 is 17.3 Å². The average molecular weight is 508 g/mol. The van der Waals surface area contributed by atoms with E-state index in [-0.39, 0.29) is 16.4 Å². The van der Waals surface area contributed by atoms with Crippen LogP contribution in [0.15, 0.2) is 75.2 Å². The number of esters is 1. The Morgan fingerprint density at radius 1 is 1.03 bits per heavy atom. The molecule has 184 valence electrons. The summed E-state index contributed by atoms with van der Waals surface area (Å²) < 4.78 is 6.62. The van der Waals surface area contributed by atoms with Crippen molar-refractivity contribution < 1.29 is 19.1 Å². The fourth-order valence-corrected chi connectivity index (χ4v) is 5.77. The van der Waals surface area contributed by atoms with Gasteiger partial charge in [-0.05, 0) is 30.0 Å². The number of methoxy groups -OCH3 is 1. The molecule has 11 nitrogen and oxygen atoms in total. The molecule has 0 spiro atoms. The van der Waals surface area contributed by atoms with Crippen molar-refractivity contribution in [2.45, 2.75) is 18.5 Å². The number of fused-ring (bicyclic) bond motifs is 1. The molecule has 36 heavy (non-hydrogen) atoms. The lowest BCUT2D eigenvalue weighted by Gasteiger charge is -2.27. The fourth-order valence-electron chi connectivity index (χ4n) is 4.78. The minimum atomic E-state index is -2.07. The van der Waals surface area contributed by atoms with Crippen LogP contribution in [0.25, 0.3) is 5.69 Å². The molecule has 2 aliphatic heterocycles. The molecule has 1 fully saturated rings. The number of rotatable bonds is 5. The zero-order valence-corrected chi connectivity index (χ0v) is 20.1. The van der Waals surface area contributed by atoms with Gasteiger partial charge in [0.15, 0.2) is 6.04 Å². The van der Waals surface area contributed by atoms with Crippen LogP contribution in [-0.4, -0.2) is 56.1 Å². The molecule has 2 aromatic carbocycles. The molecule has 12 heteroatoms. The van der Waals surface area contributed by atoms with Crippen LogP contribution in [0.2, 0.25) is 0 Å². The molecule has 0 radical (unpaired) electrons. The van der Waals surface area contributed by atoms with E-state index in [1.807, 2.05) is 0 Å². The first-order chi connectivity index (χ1) is 17.4. The van der Waals surface area contributed by atoms with Crippen molar-refractivity contribution in [2.75, 3.05) is 17.8 Å². The summed E-state index contributed by atoms with van der Waals surface area (Å²) in [6.45, 7) is 1.80. The molecule has 3 heterocycles. The normalized spacial score (nSPS) is 23.1. The fraction of sp³-hybridized carbons (Fsp3) is 0.250. The Morgan fingerprint density at radius 3 is 2.22 bits per heavy atom. The first-order valence-electron chi connectivity index (χ1n) is 11.1. The molecule has 5 rings (SSSR count). The Bertz CT molecular complexity index is 1510. The summed E-state index contributed by atoms with van der Waals surface area (Å²) >= 11 is 1.11. The number of carbonyl (C=O) groups excluding carboxylic acids is 3. The molecule has 2 aliphatic rings. The quantitative estimate of drug-likeness (QED) is 0.401. The lowest BCUT2D eigenvalue weighted by molar-refractivity contribution is -0.145. The number of anilines is 1. The summed E-state index contributed by atoms with van der Waals surface area (Å²) in [5.41, 5.74) is -3.20. The highest BCUT2D eigenvalue weighted by Crippen LogP contribution is 2.49. The zero-order chi connectivity index (χ0) is 25.6. The van der Waals surface area contributed by atoms with E-state index >= 15 is 0 Å². The minimum absolute atomic E-state index is 0.0748. The second kappa shape index (κ2) is 8.79. The van der Waals surface area contributed by atoms with Crippen molar-refractivity contribution in [3.63, 3.8) is 0 Å². The van der Waals surface area contributed by atoms with Gasteiger partial charge in [0, 0.05) is 0 Å². The number of carbonyl (C=O) groups is 3. The van der Waals surface area contributed by atoms with Gasteiger partial charge in [-0.3, -0.25) is 14.6 Å². The number of ether oxygens (including phenoxy) is 1. The van der Waals surface area contributed by atoms with Crippen molar-refractivity contribution in [3.8, 4) is 5.69 Å². The Kier molecular flexibility index (Phi) is 5.75. The molecular formula is C24H21N5O6S. The van der Waals surface area contributed by atoms with Crippen molar-refractivity contribution in [2.24, 2.45) is 10.9 Å². The Balaban J connectivity index is 1.82. The predicted molar refractivity (Wildman–Crippen MR) is 132 cm³/mol. The van der Waals surface area contributed by atoms with Crippen molar-refractivity contribution in [3.05, 3.63) is 81.6 Å². The smallest absolute Gasteiger partial charge is 0.353 e. The number of hydrogen-bond acceptors (Lipinski definition) is 8. The highest BCUT2D eigenvalue weighted by atomic mass is 32.2. The molecule has 0 saturated carbocycles. The lowest BCUT2D eigenvalue weighted by atomic mass is 9.84. The van der Waals surface area contributed by atoms with Gasteiger partial charge in [0.05, 0.1) is 18.5 Å². The van der Waals surface area contributed by atoms with Gasteiger partial charge in [0.1, 0.15) is 11.0 Å². The molecule has 1 saturated heterocycles. The van der Waals surface area contributed by atoms with E-state index in [0.717, 1.165) is 33.0 Å². The average Bonchev–Trinajstić information content (AvgIpc) is 3.46. The standard InChI is InChI=1S/C24H21N5O6S/c1-3-36-20-24(29-23(34)28(22(33)26-29)15-12-8-5-9-13-15)16(17(25-20)19(31)35-2)18(30)27(21(24)32)14-10-6-4-7-11-14/h4-13,16-17H,3H2,1-2H3,(H,26,33)/t16-,17-,24-/m1/s1. The summed E-state index contributed by atoms with van der Waals surface area (Å²) in [4.78, 5) is 72.9. The highest BCUT2D eigenvalue weighted by Gasteiger charge is 2.72. The van der Waals surface area contributed by atoms with Crippen molar-refractivity contribution in [1.82, 2.24) is 14.3 Å². The number of imide groups is 1. The number of benzene rings is 2. The van der Waals surface area contributed by atoms with Crippen LogP contribution in [0.3, 0.4) is 0 Å². The largest absolute Gasteiger partial charge is 0.467 e. The number of amides is 2. The van der Waals surface area contributed by atoms with E-state index in [2.05, 4.69) is 10.1 Å². The number of hydrogen-bond donors (Lipinski definition) is 1. The summed E-state index contributed by atoms with van der Waals surface area (Å²) in [6, 6.07) is 15.0. The third-order valence-corrected chi connectivity index (χ3v) is 7.24. The van der Waals surface area contributed by atoms with Crippen LogP contribution in [0.1, 0.15) is 6.92 Å². The molecule has 3 atom stereocenters. The first kappa shape index (κ1) is 23.5. The number of aliphatic imine (C=N–C) groups is 1. The van der Waals surface area contributed by atoms with E-state index in [1.165, 1.54) is 0 Å². The number of H-pyrrole nitrogens is 1. The maximum atomic E-state index is 14.2. The number of nitrogens with zero attached hydrogens (tertiary/aromatic N) is 4. The third-order valence-electron chi connectivity index (χ3n) is 6.26. The van der Waals surface area contributed by atoms with E-state index in [1.54, 1.807) is 67.6 Å². The molecule has 1 N–H and O–H groups in total. The van der Waals surface area contributed by atoms with Gasteiger partial charge in [-0.2, -0.15) is 0 Å². The predicted octanol–water partition coefficient (Wildman–Crippen LogP) is 0.919. The zero-order valence-electron chi connectivity index (χ0n) is 19.3. The van der Waals surface area contributed by atoms with Crippen LogP contribution >= 0.6 is 11.8 Å². The SMILES string of the molecule is CCSC1=N[C@@H](C(=O)OC)[C@@H]2C(=O)N(c3ccccc3)C(=O)[C@]12n1[nH]c(=O)n(-c2ccccc2)c1=O. The van der Waals surface area contributed by atoms with Crippen LogP contribution in [0.4, 0.5) is 5.69 Å². The summed E-state index contributed by atoms with van der Waals surface area (Å²) in [6.07, 6.45) is 0. The van der Waals surface area contributed by atoms with Crippen molar-refractivity contribution in [1.29, 1.82) is 0 Å². The number of aromatic nitrogens is 3. The first-order valence-corrected chi connectivity index (χ1v) is 12.1. The number of nitrogens with one attached hydrogen (secondary N) is 1. The van der Waals surface area contributed by atoms with Gasteiger partial charge in [-0.1, -0.05) is 43.3 Å². The second-order valence-corrected chi connectivity index (χ2v) is 9.35. The molecule has 3 aromatic rings. The Morgan fingerprint density at radius 2 is 1.64 bits per heavy atom. The Labute approximate surface area is 208 Å². The van der Waals surface area contributed by atoms with E-state index in [9.17, 15) is 24.0 Å². The number of thioether (sulfide) groups is 1. The summed E-state index contributed by atoms with van der Waals surface area (Å²) in [5, 5.41) is 2.54. The van der Waals surface area contributed by atoms with E-state index < -0.39 is 46.7 Å². The van der Waals surface area contributed by atoms with Gasteiger partial charge in [0.25, 0.3) is 5.91 Å². The number of aromatic amines is 1. The van der Waals surface area contributed by atoms with E-state index in [4.69, 9.17) is 4.74 Å². The van der Waals surface area contributed by atoms with Gasteiger partial charge in [-0.15, -0.1) is 11.8 Å². The Hall–Kier alpha value is -4.19. The molecule has 2 amide bonds. The third kappa shape index (κ3) is 3.14. The topological polar surface area (TPSA) is 136 Å². The lowest BCUT2D eigenvalue weighted by Crippen LogP contribution is -2.55. The van der Waals surface area contributed by atoms with Crippen LogP contribution in [0.5, 0.6) is 0 Å². The minimum Gasteiger partial charge on any atom is -0.467 e. The monoisotopic (exact) mass is 507 g/mol. The maximum Gasteiger partial charge on any atom is 0.353 e. The number of para-hydroxylation sites is 2. The molecule has 0 unspecified atom stereocenters. The summed E-state index contributed by atoms with van der Waals surface area (Å²) in [5.74, 6) is -3.36. The van der Waals surface area contributed by atoms with Crippen LogP contribution in [0, 0.1) is 5.92 Å². The molecular weight excluding hydrogens is 486 g/mol. The van der Waals surface area contributed by atoms with E-state index in [0.29, 0.717) is 5.75 Å². The van der Waals surface area contributed by atoms with Crippen LogP contribution < -0.4 is 16.3 Å². The van der Waals surface area contributed by atoms with Crippen molar-refractivity contribution >= 4 is 40.3 Å². The molecule has 0 bridgehead atoms. The van der Waals surface area contributed by atoms with Crippen LogP contribution in [-0.2, 0) is 24.7 Å². The molecule has 0 aliphatic carbocycles.